The molecule has 0 fully saturated rings. The molecule has 2 aromatic rings. The fraction of sp³-hybridized carbons (Fsp3) is 0.350. The molecular weight excluding hydrogens is 380 g/mol. The van der Waals surface area contributed by atoms with Crippen LogP contribution >= 0.6 is 11.8 Å². The molecular formula is C20H24N2O3S2. The fourth-order valence-corrected chi connectivity index (χ4v) is 5.87. The smallest absolute Gasteiger partial charge is 0.251 e. The SMILES string of the molecule is CCN(CC)S(=O)(=O)c1cccc(C(=O)N[C@@H]2CCSc3ccccc32)c1. The van der Waals surface area contributed by atoms with Crippen LogP contribution in [0, 0.1) is 0 Å². The van der Waals surface area contributed by atoms with Gasteiger partial charge in [0, 0.05) is 29.3 Å². The van der Waals surface area contributed by atoms with Gasteiger partial charge in [-0.25, -0.2) is 8.42 Å². The zero-order valence-electron chi connectivity index (χ0n) is 15.5. The lowest BCUT2D eigenvalue weighted by Crippen LogP contribution is -2.32. The first-order chi connectivity index (χ1) is 13.0. The van der Waals surface area contributed by atoms with E-state index in [1.54, 1.807) is 37.7 Å². The summed E-state index contributed by atoms with van der Waals surface area (Å²) in [6, 6.07) is 14.3. The van der Waals surface area contributed by atoms with E-state index >= 15 is 0 Å². The van der Waals surface area contributed by atoms with Gasteiger partial charge in [0.25, 0.3) is 5.91 Å². The van der Waals surface area contributed by atoms with E-state index in [9.17, 15) is 13.2 Å². The van der Waals surface area contributed by atoms with Crippen molar-refractivity contribution in [1.82, 2.24) is 9.62 Å². The summed E-state index contributed by atoms with van der Waals surface area (Å²) in [5.41, 5.74) is 1.48. The monoisotopic (exact) mass is 404 g/mol. The fourth-order valence-electron chi connectivity index (χ4n) is 3.24. The van der Waals surface area contributed by atoms with E-state index in [4.69, 9.17) is 0 Å². The Balaban J connectivity index is 1.83. The average Bonchev–Trinajstić information content (AvgIpc) is 2.69. The molecule has 7 heteroatoms. The lowest BCUT2D eigenvalue weighted by molar-refractivity contribution is 0.0934. The molecule has 144 valence electrons. The number of carbonyl (C=O) groups excluding carboxylic acids is 1. The molecule has 1 N–H and O–H groups in total. The highest BCUT2D eigenvalue weighted by molar-refractivity contribution is 7.99. The van der Waals surface area contributed by atoms with Crippen molar-refractivity contribution in [2.24, 2.45) is 0 Å². The second-order valence-corrected chi connectivity index (χ2v) is 9.39. The number of hydrogen-bond donors (Lipinski definition) is 1. The molecule has 0 saturated carbocycles. The molecule has 0 aromatic heterocycles. The highest BCUT2D eigenvalue weighted by atomic mass is 32.2. The van der Waals surface area contributed by atoms with Crippen LogP contribution in [-0.2, 0) is 10.0 Å². The molecule has 0 spiro atoms. The first-order valence-corrected chi connectivity index (χ1v) is 11.5. The van der Waals surface area contributed by atoms with Crippen LogP contribution in [0.1, 0.15) is 42.2 Å². The van der Waals surface area contributed by atoms with Crippen LogP contribution in [0.5, 0.6) is 0 Å². The van der Waals surface area contributed by atoms with Crippen molar-refractivity contribution in [2.45, 2.75) is 36.1 Å². The summed E-state index contributed by atoms with van der Waals surface area (Å²) >= 11 is 1.79. The Morgan fingerprint density at radius 1 is 1.15 bits per heavy atom. The van der Waals surface area contributed by atoms with Gasteiger partial charge in [-0.3, -0.25) is 4.79 Å². The van der Waals surface area contributed by atoms with Crippen molar-refractivity contribution < 1.29 is 13.2 Å². The van der Waals surface area contributed by atoms with Crippen LogP contribution in [-0.4, -0.2) is 37.5 Å². The maximum absolute atomic E-state index is 12.8. The van der Waals surface area contributed by atoms with Gasteiger partial charge in [-0.2, -0.15) is 4.31 Å². The number of rotatable bonds is 6. The Morgan fingerprint density at radius 3 is 2.63 bits per heavy atom. The molecule has 27 heavy (non-hydrogen) atoms. The number of fused-ring (bicyclic) bond motifs is 1. The average molecular weight is 405 g/mol. The number of nitrogens with zero attached hydrogens (tertiary/aromatic N) is 1. The van der Waals surface area contributed by atoms with Crippen LogP contribution in [0.4, 0.5) is 0 Å². The van der Waals surface area contributed by atoms with E-state index in [1.807, 2.05) is 18.2 Å². The predicted molar refractivity (Wildman–Crippen MR) is 109 cm³/mol. The Labute approximate surface area is 165 Å². The highest BCUT2D eigenvalue weighted by Gasteiger charge is 2.25. The maximum atomic E-state index is 12.8. The van der Waals surface area contributed by atoms with Gasteiger partial charge in [0.2, 0.25) is 10.0 Å². The van der Waals surface area contributed by atoms with E-state index in [0.717, 1.165) is 17.7 Å². The summed E-state index contributed by atoms with van der Waals surface area (Å²) in [5.74, 6) is 0.691. The third-order valence-electron chi connectivity index (χ3n) is 4.70. The van der Waals surface area contributed by atoms with Crippen LogP contribution in [0.3, 0.4) is 0 Å². The second kappa shape index (κ2) is 8.46. The van der Waals surface area contributed by atoms with E-state index < -0.39 is 10.0 Å². The van der Waals surface area contributed by atoms with Gasteiger partial charge < -0.3 is 5.32 Å². The van der Waals surface area contributed by atoms with Crippen molar-refractivity contribution in [2.75, 3.05) is 18.8 Å². The predicted octanol–water partition coefficient (Wildman–Crippen LogP) is 3.68. The summed E-state index contributed by atoms with van der Waals surface area (Å²) in [4.78, 5) is 14.1. The molecule has 5 nitrogen and oxygen atoms in total. The largest absolute Gasteiger partial charge is 0.345 e. The van der Waals surface area contributed by atoms with E-state index in [0.29, 0.717) is 18.7 Å². The number of amides is 1. The Hall–Kier alpha value is -1.83. The third-order valence-corrected chi connectivity index (χ3v) is 7.87. The third kappa shape index (κ3) is 4.20. The summed E-state index contributed by atoms with van der Waals surface area (Å²) in [6.07, 6.45) is 0.852. The molecule has 3 rings (SSSR count). The molecule has 0 unspecified atom stereocenters. The van der Waals surface area contributed by atoms with Crippen LogP contribution in [0.15, 0.2) is 58.3 Å². The van der Waals surface area contributed by atoms with Gasteiger partial charge >= 0.3 is 0 Å². The first kappa shape index (κ1) is 19.9. The molecule has 0 bridgehead atoms. The molecule has 1 aliphatic heterocycles. The van der Waals surface area contributed by atoms with Crippen LogP contribution in [0.2, 0.25) is 0 Å². The first-order valence-electron chi connectivity index (χ1n) is 9.10. The van der Waals surface area contributed by atoms with Gasteiger partial charge in [0.05, 0.1) is 10.9 Å². The minimum absolute atomic E-state index is 0.0574. The minimum atomic E-state index is -3.59. The van der Waals surface area contributed by atoms with Gasteiger partial charge in [-0.1, -0.05) is 38.1 Å². The normalized spacial score (nSPS) is 16.8. The summed E-state index contributed by atoms with van der Waals surface area (Å²) in [6.45, 7) is 4.39. The highest BCUT2D eigenvalue weighted by Crippen LogP contribution is 2.36. The summed E-state index contributed by atoms with van der Waals surface area (Å²) < 4.78 is 26.8. The molecule has 2 aromatic carbocycles. The zero-order valence-corrected chi connectivity index (χ0v) is 17.1. The zero-order chi connectivity index (χ0) is 19.4. The van der Waals surface area contributed by atoms with E-state index in [-0.39, 0.29) is 16.8 Å². The number of nitrogens with one attached hydrogen (secondary N) is 1. The summed E-state index contributed by atoms with van der Waals surface area (Å²) in [7, 11) is -3.59. The Bertz CT molecular complexity index is 924. The second-order valence-electron chi connectivity index (χ2n) is 6.32. The van der Waals surface area contributed by atoms with Gasteiger partial charge in [-0.15, -0.1) is 11.8 Å². The van der Waals surface area contributed by atoms with Crippen molar-refractivity contribution >= 4 is 27.7 Å². The Kier molecular flexibility index (Phi) is 6.24. The molecule has 0 radical (unpaired) electrons. The molecule has 0 aliphatic carbocycles. The minimum Gasteiger partial charge on any atom is -0.345 e. The summed E-state index contributed by atoms with van der Waals surface area (Å²) in [5, 5.41) is 3.07. The quantitative estimate of drug-likeness (QED) is 0.797. The number of sulfonamides is 1. The van der Waals surface area contributed by atoms with Crippen LogP contribution in [0.25, 0.3) is 0 Å². The molecule has 1 aliphatic rings. The van der Waals surface area contributed by atoms with E-state index in [1.165, 1.54) is 21.3 Å². The van der Waals surface area contributed by atoms with Gasteiger partial charge in [0.1, 0.15) is 0 Å². The maximum Gasteiger partial charge on any atom is 0.251 e. The van der Waals surface area contributed by atoms with Crippen LogP contribution < -0.4 is 5.32 Å². The van der Waals surface area contributed by atoms with Crippen molar-refractivity contribution in [3.8, 4) is 0 Å². The number of hydrogen-bond acceptors (Lipinski definition) is 4. The van der Waals surface area contributed by atoms with Crippen molar-refractivity contribution in [3.05, 3.63) is 59.7 Å². The number of thioether (sulfide) groups is 1. The molecule has 1 heterocycles. The van der Waals surface area contributed by atoms with Crippen molar-refractivity contribution in [3.63, 3.8) is 0 Å². The lowest BCUT2D eigenvalue weighted by Gasteiger charge is -2.26. The molecule has 0 saturated heterocycles. The van der Waals surface area contributed by atoms with Gasteiger partial charge in [0.15, 0.2) is 0 Å². The molecule has 1 atom stereocenters. The standard InChI is InChI=1S/C20H24N2O3S2/c1-3-22(4-2)27(24,25)16-9-7-8-15(14-16)20(23)21-18-12-13-26-19-11-6-5-10-17(18)19/h5-11,14,18H,3-4,12-13H2,1-2H3,(H,21,23)/t18-/m1/s1. The lowest BCUT2D eigenvalue weighted by atomic mass is 10.0. The van der Waals surface area contributed by atoms with Gasteiger partial charge in [-0.05, 0) is 36.2 Å². The number of carbonyl (C=O) groups is 1. The van der Waals surface area contributed by atoms with Crippen molar-refractivity contribution in [1.29, 1.82) is 0 Å². The molecule has 1 amide bonds. The number of benzene rings is 2. The van der Waals surface area contributed by atoms with E-state index in [2.05, 4.69) is 11.4 Å². The Morgan fingerprint density at radius 2 is 1.89 bits per heavy atom. The topological polar surface area (TPSA) is 66.5 Å².